The zero-order valence-corrected chi connectivity index (χ0v) is 17.9. The molecule has 0 radical (unpaired) electrons. The molecule has 0 aliphatic carbocycles. The number of anilines is 1. The highest BCUT2D eigenvalue weighted by Crippen LogP contribution is 2.39. The predicted molar refractivity (Wildman–Crippen MR) is 116 cm³/mol. The number of hydrogen-bond donors (Lipinski definition) is 0. The van der Waals surface area contributed by atoms with Gasteiger partial charge >= 0.3 is 0 Å². The Bertz CT molecular complexity index is 1090. The van der Waals surface area contributed by atoms with Crippen LogP contribution in [0.5, 0.6) is 11.5 Å². The van der Waals surface area contributed by atoms with Gasteiger partial charge in [-0.15, -0.1) is 0 Å². The van der Waals surface area contributed by atoms with Crippen LogP contribution in [0.4, 0.5) is 5.69 Å². The molecule has 0 fully saturated rings. The molecule has 0 aliphatic heterocycles. The van der Waals surface area contributed by atoms with Gasteiger partial charge in [-0.25, -0.2) is 8.42 Å². The molecule has 0 amide bonds. The lowest BCUT2D eigenvalue weighted by molar-refractivity contribution is 0.396. The number of nitrogens with zero attached hydrogens (tertiary/aromatic N) is 1. The minimum Gasteiger partial charge on any atom is -0.497 e. The van der Waals surface area contributed by atoms with Crippen molar-refractivity contribution in [1.29, 1.82) is 0 Å². The minimum absolute atomic E-state index is 0.189. The van der Waals surface area contributed by atoms with Crippen LogP contribution in [-0.2, 0) is 10.0 Å². The maximum atomic E-state index is 13.6. The molecule has 0 saturated carbocycles. The first kappa shape index (κ1) is 21.0. The standard InChI is InChI=1S/C22H22ClNO4S/c1-16(21-15-19(27-2)12-13-22(21)28-3)24(18-9-7-8-17(23)14-18)29(25,26)20-10-5-4-6-11-20/h4-16H,1-3H3/t16-/m1/s1. The third kappa shape index (κ3) is 4.33. The molecule has 3 aromatic carbocycles. The molecule has 7 heteroatoms. The molecule has 5 nitrogen and oxygen atoms in total. The number of sulfonamides is 1. The number of ether oxygens (including phenoxy) is 2. The number of benzene rings is 3. The summed E-state index contributed by atoms with van der Waals surface area (Å²) in [6, 6.07) is 19.8. The molecule has 152 valence electrons. The quantitative estimate of drug-likeness (QED) is 0.508. The van der Waals surface area contributed by atoms with E-state index in [1.807, 2.05) is 0 Å². The van der Waals surface area contributed by atoms with Gasteiger partial charge in [-0.3, -0.25) is 4.31 Å². The fraction of sp³-hybridized carbons (Fsp3) is 0.182. The first-order chi connectivity index (χ1) is 13.9. The molecule has 29 heavy (non-hydrogen) atoms. The SMILES string of the molecule is COc1ccc(OC)c([C@@H](C)N(c2cccc(Cl)c2)S(=O)(=O)c2ccccc2)c1. The van der Waals surface area contributed by atoms with Gasteiger partial charge in [-0.05, 0) is 55.5 Å². The molecular formula is C22H22ClNO4S. The highest BCUT2D eigenvalue weighted by molar-refractivity contribution is 7.92. The average molecular weight is 432 g/mol. The Balaban J connectivity index is 2.21. The average Bonchev–Trinajstić information content (AvgIpc) is 2.73. The van der Waals surface area contributed by atoms with Gasteiger partial charge < -0.3 is 9.47 Å². The van der Waals surface area contributed by atoms with Crippen molar-refractivity contribution in [1.82, 2.24) is 0 Å². The normalized spacial score (nSPS) is 12.3. The lowest BCUT2D eigenvalue weighted by atomic mass is 10.1. The van der Waals surface area contributed by atoms with E-state index < -0.39 is 16.1 Å². The van der Waals surface area contributed by atoms with E-state index in [2.05, 4.69) is 0 Å². The topological polar surface area (TPSA) is 55.8 Å². The van der Waals surface area contributed by atoms with E-state index >= 15 is 0 Å². The third-order valence-electron chi connectivity index (χ3n) is 4.60. The van der Waals surface area contributed by atoms with Gasteiger partial charge in [-0.1, -0.05) is 35.9 Å². The van der Waals surface area contributed by atoms with Crippen molar-refractivity contribution < 1.29 is 17.9 Å². The van der Waals surface area contributed by atoms with Crippen LogP contribution >= 0.6 is 11.6 Å². The van der Waals surface area contributed by atoms with Crippen LogP contribution in [-0.4, -0.2) is 22.6 Å². The second-order valence-electron chi connectivity index (χ2n) is 6.38. The number of methoxy groups -OCH3 is 2. The highest BCUT2D eigenvalue weighted by atomic mass is 35.5. The van der Waals surface area contributed by atoms with Gasteiger partial charge in [-0.2, -0.15) is 0 Å². The fourth-order valence-corrected chi connectivity index (χ4v) is 5.02. The van der Waals surface area contributed by atoms with E-state index in [0.717, 1.165) is 0 Å². The molecular weight excluding hydrogens is 410 g/mol. The van der Waals surface area contributed by atoms with Crippen LogP contribution in [0.15, 0.2) is 77.7 Å². The van der Waals surface area contributed by atoms with Crippen molar-refractivity contribution in [2.75, 3.05) is 18.5 Å². The molecule has 0 saturated heterocycles. The minimum atomic E-state index is -3.88. The number of rotatable bonds is 7. The summed E-state index contributed by atoms with van der Waals surface area (Å²) >= 11 is 6.18. The van der Waals surface area contributed by atoms with Crippen LogP contribution in [0.1, 0.15) is 18.5 Å². The molecule has 0 heterocycles. The molecule has 3 rings (SSSR count). The molecule has 1 atom stereocenters. The highest BCUT2D eigenvalue weighted by Gasteiger charge is 2.32. The van der Waals surface area contributed by atoms with Gasteiger partial charge in [0.1, 0.15) is 11.5 Å². The molecule has 0 aliphatic rings. The van der Waals surface area contributed by atoms with Gasteiger partial charge in [0.15, 0.2) is 0 Å². The summed E-state index contributed by atoms with van der Waals surface area (Å²) in [7, 11) is -0.774. The smallest absolute Gasteiger partial charge is 0.264 e. The second-order valence-corrected chi connectivity index (χ2v) is 8.63. The zero-order valence-electron chi connectivity index (χ0n) is 16.4. The lowest BCUT2D eigenvalue weighted by Gasteiger charge is -2.32. The van der Waals surface area contributed by atoms with Crippen LogP contribution in [0.3, 0.4) is 0 Å². The Hall–Kier alpha value is -2.70. The van der Waals surface area contributed by atoms with E-state index in [4.69, 9.17) is 21.1 Å². The third-order valence-corrected chi connectivity index (χ3v) is 6.75. The first-order valence-corrected chi connectivity index (χ1v) is 10.8. The monoisotopic (exact) mass is 431 g/mol. The van der Waals surface area contributed by atoms with Crippen molar-refractivity contribution in [3.8, 4) is 11.5 Å². The second kappa shape index (κ2) is 8.76. The van der Waals surface area contributed by atoms with Gasteiger partial charge in [0.2, 0.25) is 0 Å². The maximum Gasteiger partial charge on any atom is 0.264 e. The first-order valence-electron chi connectivity index (χ1n) is 8.95. The molecule has 3 aromatic rings. The Morgan fingerprint density at radius 1 is 0.897 bits per heavy atom. The Labute approximate surface area is 176 Å². The van der Waals surface area contributed by atoms with Crippen molar-refractivity contribution in [3.63, 3.8) is 0 Å². The maximum absolute atomic E-state index is 13.6. The van der Waals surface area contributed by atoms with Crippen LogP contribution in [0.2, 0.25) is 5.02 Å². The van der Waals surface area contributed by atoms with Crippen LogP contribution in [0, 0.1) is 0 Å². The number of hydrogen-bond acceptors (Lipinski definition) is 4. The Morgan fingerprint density at radius 3 is 2.24 bits per heavy atom. The summed E-state index contributed by atoms with van der Waals surface area (Å²) < 4.78 is 39.4. The molecule has 0 aromatic heterocycles. The fourth-order valence-electron chi connectivity index (χ4n) is 3.18. The molecule has 0 bridgehead atoms. The largest absolute Gasteiger partial charge is 0.497 e. The summed E-state index contributed by atoms with van der Waals surface area (Å²) in [5.74, 6) is 1.17. The molecule has 0 N–H and O–H groups in total. The van der Waals surface area contributed by atoms with E-state index in [9.17, 15) is 8.42 Å². The summed E-state index contributed by atoms with van der Waals surface area (Å²) in [5, 5.41) is 0.445. The van der Waals surface area contributed by atoms with Crippen LogP contribution in [0.25, 0.3) is 0 Å². The van der Waals surface area contributed by atoms with Crippen molar-refractivity contribution >= 4 is 27.3 Å². The van der Waals surface area contributed by atoms with Gasteiger partial charge in [0, 0.05) is 10.6 Å². The number of halogens is 1. The van der Waals surface area contributed by atoms with E-state index in [1.165, 1.54) is 4.31 Å². The van der Waals surface area contributed by atoms with Gasteiger partial charge in [0.05, 0.1) is 30.8 Å². The summed E-state index contributed by atoms with van der Waals surface area (Å²) in [5.41, 5.74) is 1.13. The van der Waals surface area contributed by atoms with E-state index in [0.29, 0.717) is 27.8 Å². The van der Waals surface area contributed by atoms with Crippen LogP contribution < -0.4 is 13.8 Å². The predicted octanol–water partition coefficient (Wildman–Crippen LogP) is 5.31. The summed E-state index contributed by atoms with van der Waals surface area (Å²) in [4.78, 5) is 0.189. The summed E-state index contributed by atoms with van der Waals surface area (Å²) in [6.07, 6.45) is 0. The zero-order chi connectivity index (χ0) is 21.0. The van der Waals surface area contributed by atoms with Crippen molar-refractivity contribution in [2.24, 2.45) is 0 Å². The lowest BCUT2D eigenvalue weighted by Crippen LogP contribution is -2.34. The molecule has 0 unspecified atom stereocenters. The van der Waals surface area contributed by atoms with Crippen molar-refractivity contribution in [2.45, 2.75) is 17.9 Å². The molecule has 0 spiro atoms. The Kier molecular flexibility index (Phi) is 6.35. The Morgan fingerprint density at radius 2 is 1.62 bits per heavy atom. The summed E-state index contributed by atoms with van der Waals surface area (Å²) in [6.45, 7) is 1.80. The van der Waals surface area contributed by atoms with Crippen molar-refractivity contribution in [3.05, 3.63) is 83.4 Å². The van der Waals surface area contributed by atoms with E-state index in [1.54, 1.807) is 93.9 Å². The van der Waals surface area contributed by atoms with E-state index in [-0.39, 0.29) is 4.90 Å². The van der Waals surface area contributed by atoms with Gasteiger partial charge in [0.25, 0.3) is 10.0 Å².